The van der Waals surface area contributed by atoms with E-state index in [-0.39, 0.29) is 11.0 Å². The molecule has 0 saturated carbocycles. The molecule has 0 aromatic heterocycles. The van der Waals surface area contributed by atoms with Crippen LogP contribution >= 0.6 is 0 Å². The fraction of sp³-hybridized carbons (Fsp3) is 0.350. The van der Waals surface area contributed by atoms with Crippen molar-refractivity contribution in [1.29, 1.82) is 0 Å². The van der Waals surface area contributed by atoms with Crippen LogP contribution in [0.2, 0.25) is 0 Å². The molecular weight excluding hydrogens is 334 g/mol. The molecule has 3 rings (SSSR count). The molecule has 0 bridgehead atoms. The first kappa shape index (κ1) is 18.6. The van der Waals surface area contributed by atoms with Gasteiger partial charge in [-0.15, -0.1) is 0 Å². The van der Waals surface area contributed by atoms with Crippen LogP contribution < -0.4 is 10.2 Å². The van der Waals surface area contributed by atoms with Crippen LogP contribution in [0.3, 0.4) is 0 Å². The highest BCUT2D eigenvalue weighted by molar-refractivity contribution is 6.62. The van der Waals surface area contributed by atoms with Crippen LogP contribution in [0.25, 0.3) is 0 Å². The monoisotopic (exact) mass is 356 g/mol. The molecule has 1 heterocycles. The Morgan fingerprint density at radius 2 is 1.69 bits per heavy atom. The molecular formula is C20H22BFO4. The average molecular weight is 356 g/mol. The van der Waals surface area contributed by atoms with Crippen molar-refractivity contribution in [3.05, 3.63) is 59.4 Å². The van der Waals surface area contributed by atoms with E-state index >= 15 is 0 Å². The van der Waals surface area contributed by atoms with Gasteiger partial charge in [0.2, 0.25) is 0 Å². The van der Waals surface area contributed by atoms with Crippen LogP contribution in [0, 0.1) is 5.82 Å². The molecule has 4 nitrogen and oxygen atoms in total. The van der Waals surface area contributed by atoms with Gasteiger partial charge in [0.15, 0.2) is 6.29 Å². The molecule has 0 spiro atoms. The first-order valence-electron chi connectivity index (χ1n) is 8.54. The summed E-state index contributed by atoms with van der Waals surface area (Å²) in [6.07, 6.45) is 0.472. The number of benzene rings is 2. The normalized spacial score (nSPS) is 18.0. The maximum Gasteiger partial charge on any atom is 0.498 e. The van der Waals surface area contributed by atoms with Crippen molar-refractivity contribution < 1.29 is 23.2 Å². The zero-order chi connectivity index (χ0) is 18.9. The Kier molecular flexibility index (Phi) is 4.91. The van der Waals surface area contributed by atoms with Gasteiger partial charge in [0, 0.05) is 5.46 Å². The van der Waals surface area contributed by atoms with Gasteiger partial charge in [-0.3, -0.25) is 4.79 Å². The molecule has 0 amide bonds. The molecule has 2 aromatic carbocycles. The van der Waals surface area contributed by atoms with Gasteiger partial charge in [-0.2, -0.15) is 0 Å². The van der Waals surface area contributed by atoms with Gasteiger partial charge in [-0.25, -0.2) is 4.39 Å². The first-order chi connectivity index (χ1) is 12.2. The molecule has 1 aliphatic heterocycles. The van der Waals surface area contributed by atoms with E-state index in [1.165, 1.54) is 12.1 Å². The van der Waals surface area contributed by atoms with Gasteiger partial charge in [0.25, 0.3) is 0 Å². The van der Waals surface area contributed by atoms with Crippen LogP contribution in [0.4, 0.5) is 4.39 Å². The maximum absolute atomic E-state index is 14.7. The summed E-state index contributed by atoms with van der Waals surface area (Å²) in [6.45, 7) is 7.87. The van der Waals surface area contributed by atoms with E-state index in [0.717, 1.165) is 5.56 Å². The molecule has 136 valence electrons. The molecule has 0 atom stereocenters. The van der Waals surface area contributed by atoms with Gasteiger partial charge in [-0.05, 0) is 45.4 Å². The highest BCUT2D eigenvalue weighted by Crippen LogP contribution is 2.37. The van der Waals surface area contributed by atoms with E-state index in [1.54, 1.807) is 0 Å². The predicted molar refractivity (Wildman–Crippen MR) is 98.3 cm³/mol. The quantitative estimate of drug-likeness (QED) is 0.608. The van der Waals surface area contributed by atoms with Crippen molar-refractivity contribution >= 4 is 18.9 Å². The van der Waals surface area contributed by atoms with Gasteiger partial charge in [0.1, 0.15) is 18.2 Å². The van der Waals surface area contributed by atoms with Crippen molar-refractivity contribution in [2.45, 2.75) is 45.5 Å². The lowest BCUT2D eigenvalue weighted by molar-refractivity contribution is 0.00578. The second-order valence-corrected chi connectivity index (χ2v) is 7.40. The summed E-state index contributed by atoms with van der Waals surface area (Å²) in [5, 5.41) is 0. The van der Waals surface area contributed by atoms with E-state index in [0.29, 0.717) is 18.6 Å². The Morgan fingerprint density at radius 1 is 1.08 bits per heavy atom. The minimum atomic E-state index is -0.904. The molecule has 0 radical (unpaired) electrons. The first-order valence-corrected chi connectivity index (χ1v) is 8.54. The molecule has 2 aromatic rings. The number of rotatable bonds is 5. The molecule has 26 heavy (non-hydrogen) atoms. The minimum absolute atomic E-state index is 0.0831. The number of hydrogen-bond acceptors (Lipinski definition) is 4. The summed E-state index contributed by atoms with van der Waals surface area (Å²) in [4.78, 5) is 11.3. The summed E-state index contributed by atoms with van der Waals surface area (Å²) in [7, 11) is -0.904. The lowest BCUT2D eigenvalue weighted by atomic mass is 9.77. The number of halogens is 1. The van der Waals surface area contributed by atoms with Crippen molar-refractivity contribution in [3.8, 4) is 5.75 Å². The molecule has 6 heteroatoms. The van der Waals surface area contributed by atoms with Gasteiger partial charge in [-0.1, -0.05) is 30.3 Å². The summed E-state index contributed by atoms with van der Waals surface area (Å²) in [5.41, 5.74) is -0.156. The van der Waals surface area contributed by atoms with E-state index in [1.807, 2.05) is 58.0 Å². The van der Waals surface area contributed by atoms with Crippen molar-refractivity contribution in [3.63, 3.8) is 0 Å². The number of hydrogen-bond donors (Lipinski definition) is 0. The standard InChI is InChI=1S/C20H22BFO4/c1-19(2)20(3,4)26-21(25-19)17-11-16(10-15(12-23)18(17)22)24-13-14-8-6-5-7-9-14/h5-12H,13H2,1-4H3. The molecule has 0 N–H and O–H groups in total. The van der Waals surface area contributed by atoms with Crippen LogP contribution in [-0.2, 0) is 15.9 Å². The van der Waals surface area contributed by atoms with Crippen LogP contribution in [-0.4, -0.2) is 24.6 Å². The number of aldehydes is 1. The molecule has 1 saturated heterocycles. The largest absolute Gasteiger partial charge is 0.498 e. The third kappa shape index (κ3) is 3.52. The Labute approximate surface area is 153 Å². The summed E-state index contributed by atoms with van der Waals surface area (Å²) < 4.78 is 32.3. The van der Waals surface area contributed by atoms with E-state index in [2.05, 4.69) is 0 Å². The van der Waals surface area contributed by atoms with Crippen LogP contribution in [0.1, 0.15) is 43.6 Å². The molecule has 1 fully saturated rings. The highest BCUT2D eigenvalue weighted by Gasteiger charge is 2.52. The third-order valence-corrected chi connectivity index (χ3v) is 4.98. The summed E-state index contributed by atoms with van der Waals surface area (Å²) in [5.74, 6) is -0.257. The fourth-order valence-electron chi connectivity index (χ4n) is 2.69. The van der Waals surface area contributed by atoms with E-state index in [4.69, 9.17) is 14.0 Å². The predicted octanol–water partition coefficient (Wildman–Crippen LogP) is 3.52. The Bertz CT molecular complexity index is 789. The number of carbonyl (C=O) groups excluding carboxylic acids is 1. The Morgan fingerprint density at radius 3 is 2.27 bits per heavy atom. The zero-order valence-electron chi connectivity index (χ0n) is 15.4. The lowest BCUT2D eigenvalue weighted by Gasteiger charge is -2.32. The molecule has 1 aliphatic rings. The highest BCUT2D eigenvalue weighted by atomic mass is 19.1. The van der Waals surface area contributed by atoms with Gasteiger partial charge >= 0.3 is 7.12 Å². The molecule has 0 aliphatic carbocycles. The fourth-order valence-corrected chi connectivity index (χ4v) is 2.69. The van der Waals surface area contributed by atoms with E-state index in [9.17, 15) is 9.18 Å². The lowest BCUT2D eigenvalue weighted by Crippen LogP contribution is -2.41. The average Bonchev–Trinajstić information content (AvgIpc) is 2.82. The van der Waals surface area contributed by atoms with E-state index < -0.39 is 24.1 Å². The van der Waals surface area contributed by atoms with Gasteiger partial charge < -0.3 is 14.0 Å². The minimum Gasteiger partial charge on any atom is -0.489 e. The zero-order valence-corrected chi connectivity index (χ0v) is 15.4. The summed E-state index contributed by atoms with van der Waals surface area (Å²) in [6, 6.07) is 12.5. The third-order valence-electron chi connectivity index (χ3n) is 4.98. The SMILES string of the molecule is CC1(C)OB(c2cc(OCc3ccccc3)cc(C=O)c2F)OC1(C)C. The second kappa shape index (κ2) is 6.85. The summed E-state index contributed by atoms with van der Waals surface area (Å²) >= 11 is 0. The second-order valence-electron chi connectivity index (χ2n) is 7.40. The van der Waals surface area contributed by atoms with Gasteiger partial charge in [0.05, 0.1) is 16.8 Å². The van der Waals surface area contributed by atoms with Crippen molar-refractivity contribution in [2.75, 3.05) is 0 Å². The number of carbonyl (C=O) groups is 1. The maximum atomic E-state index is 14.7. The Balaban J connectivity index is 1.89. The van der Waals surface area contributed by atoms with Crippen molar-refractivity contribution in [1.82, 2.24) is 0 Å². The van der Waals surface area contributed by atoms with Crippen LogP contribution in [0.15, 0.2) is 42.5 Å². The Hall–Kier alpha value is -2.18. The molecule has 0 unspecified atom stereocenters. The topological polar surface area (TPSA) is 44.8 Å². The smallest absolute Gasteiger partial charge is 0.489 e. The van der Waals surface area contributed by atoms with Crippen molar-refractivity contribution in [2.24, 2.45) is 0 Å². The van der Waals surface area contributed by atoms with Crippen LogP contribution in [0.5, 0.6) is 5.75 Å². The number of ether oxygens (including phenoxy) is 1.